The lowest BCUT2D eigenvalue weighted by atomic mass is 10.1. The standard InChI is InChI=1S/C16H25N3O/c1-12(17-10-14-7-8-19(3)11-14)15-5-4-6-16(9-15)18-13(2)20/h4-6,9,12,14,17H,7-8,10-11H2,1-3H3,(H,18,20). The SMILES string of the molecule is CC(=O)Nc1cccc(C(C)NCC2CCN(C)C2)c1. The zero-order chi connectivity index (χ0) is 14.5. The van der Waals surface area contributed by atoms with Crippen LogP contribution in [0, 0.1) is 5.92 Å². The number of likely N-dealkylation sites (tertiary alicyclic amines) is 1. The van der Waals surface area contributed by atoms with Crippen molar-refractivity contribution in [2.24, 2.45) is 5.92 Å². The van der Waals surface area contributed by atoms with Crippen molar-refractivity contribution in [2.75, 3.05) is 32.0 Å². The Kier molecular flexibility index (Phi) is 5.15. The fraction of sp³-hybridized carbons (Fsp3) is 0.562. The monoisotopic (exact) mass is 275 g/mol. The van der Waals surface area contributed by atoms with Crippen molar-refractivity contribution in [3.05, 3.63) is 29.8 Å². The van der Waals surface area contributed by atoms with Gasteiger partial charge in [0.05, 0.1) is 0 Å². The highest BCUT2D eigenvalue weighted by Crippen LogP contribution is 2.19. The number of anilines is 1. The topological polar surface area (TPSA) is 44.4 Å². The van der Waals surface area contributed by atoms with Gasteiger partial charge in [0.15, 0.2) is 0 Å². The van der Waals surface area contributed by atoms with Crippen LogP contribution in [-0.4, -0.2) is 37.5 Å². The van der Waals surface area contributed by atoms with E-state index >= 15 is 0 Å². The van der Waals surface area contributed by atoms with Gasteiger partial charge in [-0.25, -0.2) is 0 Å². The maximum atomic E-state index is 11.1. The minimum absolute atomic E-state index is 0.0308. The molecule has 4 heteroatoms. The van der Waals surface area contributed by atoms with Gasteiger partial charge in [0.1, 0.15) is 0 Å². The van der Waals surface area contributed by atoms with Crippen molar-refractivity contribution in [2.45, 2.75) is 26.3 Å². The van der Waals surface area contributed by atoms with Crippen molar-refractivity contribution in [1.29, 1.82) is 0 Å². The van der Waals surface area contributed by atoms with E-state index in [1.54, 1.807) is 0 Å². The van der Waals surface area contributed by atoms with Gasteiger partial charge in [0.25, 0.3) is 0 Å². The van der Waals surface area contributed by atoms with Gasteiger partial charge >= 0.3 is 0 Å². The van der Waals surface area contributed by atoms with Gasteiger partial charge in [-0.2, -0.15) is 0 Å². The molecule has 0 aliphatic carbocycles. The van der Waals surface area contributed by atoms with Crippen molar-refractivity contribution in [3.63, 3.8) is 0 Å². The molecule has 4 nitrogen and oxygen atoms in total. The van der Waals surface area contributed by atoms with E-state index in [4.69, 9.17) is 0 Å². The van der Waals surface area contributed by atoms with Crippen LogP contribution < -0.4 is 10.6 Å². The third kappa shape index (κ3) is 4.32. The van der Waals surface area contributed by atoms with E-state index in [1.165, 1.54) is 32.0 Å². The highest BCUT2D eigenvalue weighted by atomic mass is 16.1. The van der Waals surface area contributed by atoms with Crippen LogP contribution in [0.5, 0.6) is 0 Å². The minimum Gasteiger partial charge on any atom is -0.326 e. The van der Waals surface area contributed by atoms with Crippen LogP contribution >= 0.6 is 0 Å². The van der Waals surface area contributed by atoms with E-state index in [0.717, 1.165) is 18.2 Å². The van der Waals surface area contributed by atoms with Gasteiger partial charge in [-0.3, -0.25) is 4.79 Å². The molecule has 2 unspecified atom stereocenters. The summed E-state index contributed by atoms with van der Waals surface area (Å²) >= 11 is 0. The van der Waals surface area contributed by atoms with E-state index in [9.17, 15) is 4.79 Å². The second-order valence-electron chi connectivity index (χ2n) is 5.85. The maximum absolute atomic E-state index is 11.1. The average molecular weight is 275 g/mol. The largest absolute Gasteiger partial charge is 0.326 e. The summed E-state index contributed by atoms with van der Waals surface area (Å²) in [6, 6.07) is 8.35. The van der Waals surface area contributed by atoms with E-state index in [-0.39, 0.29) is 5.91 Å². The first-order chi connectivity index (χ1) is 9.54. The molecule has 2 rings (SSSR count). The summed E-state index contributed by atoms with van der Waals surface area (Å²) in [7, 11) is 2.18. The first-order valence-electron chi connectivity index (χ1n) is 7.34. The number of benzene rings is 1. The zero-order valence-corrected chi connectivity index (χ0v) is 12.6. The third-order valence-corrected chi connectivity index (χ3v) is 3.91. The second kappa shape index (κ2) is 6.86. The molecular weight excluding hydrogens is 250 g/mol. The molecule has 1 fully saturated rings. The molecule has 1 aliphatic heterocycles. The Morgan fingerprint density at radius 1 is 1.50 bits per heavy atom. The molecule has 1 heterocycles. The summed E-state index contributed by atoms with van der Waals surface area (Å²) in [6.07, 6.45) is 1.28. The molecule has 20 heavy (non-hydrogen) atoms. The average Bonchev–Trinajstić information content (AvgIpc) is 2.81. The summed E-state index contributed by atoms with van der Waals surface area (Å²) < 4.78 is 0. The van der Waals surface area contributed by atoms with Crippen LogP contribution in [0.2, 0.25) is 0 Å². The fourth-order valence-electron chi connectivity index (χ4n) is 2.74. The predicted molar refractivity (Wildman–Crippen MR) is 82.8 cm³/mol. The Hall–Kier alpha value is -1.39. The molecule has 2 N–H and O–H groups in total. The molecule has 0 spiro atoms. The summed E-state index contributed by atoms with van der Waals surface area (Å²) in [5.41, 5.74) is 2.08. The normalized spacial score (nSPS) is 20.9. The summed E-state index contributed by atoms with van der Waals surface area (Å²) in [6.45, 7) is 7.15. The van der Waals surface area contributed by atoms with E-state index in [0.29, 0.717) is 6.04 Å². The molecule has 0 bridgehead atoms. The highest BCUT2D eigenvalue weighted by Gasteiger charge is 2.19. The van der Waals surface area contributed by atoms with Crippen molar-refractivity contribution in [1.82, 2.24) is 10.2 Å². The molecule has 1 aromatic rings. The molecule has 1 amide bonds. The summed E-state index contributed by atoms with van der Waals surface area (Å²) in [4.78, 5) is 13.5. The Morgan fingerprint density at radius 2 is 2.30 bits per heavy atom. The number of hydrogen-bond donors (Lipinski definition) is 2. The number of carbonyl (C=O) groups is 1. The number of nitrogens with one attached hydrogen (secondary N) is 2. The number of amides is 1. The Labute approximate surface area is 121 Å². The van der Waals surface area contributed by atoms with Crippen LogP contribution in [-0.2, 0) is 4.79 Å². The van der Waals surface area contributed by atoms with Crippen LogP contribution in [0.15, 0.2) is 24.3 Å². The van der Waals surface area contributed by atoms with Crippen LogP contribution in [0.3, 0.4) is 0 Å². The smallest absolute Gasteiger partial charge is 0.221 e. The van der Waals surface area contributed by atoms with Crippen molar-refractivity contribution >= 4 is 11.6 Å². The van der Waals surface area contributed by atoms with Crippen LogP contribution in [0.25, 0.3) is 0 Å². The fourth-order valence-corrected chi connectivity index (χ4v) is 2.74. The first-order valence-corrected chi connectivity index (χ1v) is 7.34. The van der Waals surface area contributed by atoms with Crippen molar-refractivity contribution < 1.29 is 4.79 Å². The number of hydrogen-bond acceptors (Lipinski definition) is 3. The van der Waals surface area contributed by atoms with E-state index < -0.39 is 0 Å². The Bertz CT molecular complexity index is 461. The lowest BCUT2D eigenvalue weighted by Gasteiger charge is -2.18. The molecule has 0 saturated carbocycles. The van der Waals surface area contributed by atoms with Gasteiger partial charge in [0.2, 0.25) is 5.91 Å². The van der Waals surface area contributed by atoms with E-state index in [1.807, 2.05) is 18.2 Å². The van der Waals surface area contributed by atoms with Crippen LogP contribution in [0.4, 0.5) is 5.69 Å². The number of carbonyl (C=O) groups excluding carboxylic acids is 1. The number of nitrogens with zero attached hydrogens (tertiary/aromatic N) is 1. The van der Waals surface area contributed by atoms with E-state index in [2.05, 4.69) is 35.6 Å². The molecule has 2 atom stereocenters. The van der Waals surface area contributed by atoms with Gasteiger partial charge in [0, 0.05) is 25.2 Å². The molecule has 0 aromatic heterocycles. The second-order valence-corrected chi connectivity index (χ2v) is 5.85. The van der Waals surface area contributed by atoms with Crippen LogP contribution in [0.1, 0.15) is 31.9 Å². The molecule has 0 radical (unpaired) electrons. The summed E-state index contributed by atoms with van der Waals surface area (Å²) in [5, 5.41) is 6.43. The summed E-state index contributed by atoms with van der Waals surface area (Å²) in [5.74, 6) is 0.720. The third-order valence-electron chi connectivity index (χ3n) is 3.91. The Balaban J connectivity index is 1.88. The van der Waals surface area contributed by atoms with Gasteiger partial charge in [-0.1, -0.05) is 12.1 Å². The quantitative estimate of drug-likeness (QED) is 0.866. The lowest BCUT2D eigenvalue weighted by molar-refractivity contribution is -0.114. The first kappa shape index (κ1) is 15.0. The molecule has 1 aliphatic rings. The van der Waals surface area contributed by atoms with Crippen molar-refractivity contribution in [3.8, 4) is 0 Å². The minimum atomic E-state index is -0.0308. The maximum Gasteiger partial charge on any atom is 0.221 e. The van der Waals surface area contributed by atoms with Gasteiger partial charge < -0.3 is 15.5 Å². The Morgan fingerprint density at radius 3 is 2.95 bits per heavy atom. The van der Waals surface area contributed by atoms with Gasteiger partial charge in [-0.15, -0.1) is 0 Å². The molecular formula is C16H25N3O. The van der Waals surface area contributed by atoms with Gasteiger partial charge in [-0.05, 0) is 57.1 Å². The molecule has 110 valence electrons. The predicted octanol–water partition coefficient (Wildman–Crippen LogP) is 2.25. The lowest BCUT2D eigenvalue weighted by Crippen LogP contribution is -2.27. The molecule has 1 aromatic carbocycles. The molecule has 1 saturated heterocycles. The number of rotatable bonds is 5. The zero-order valence-electron chi connectivity index (χ0n) is 12.6. The highest BCUT2D eigenvalue weighted by molar-refractivity contribution is 5.88.